The molecule has 0 N–H and O–H groups in total. The summed E-state index contributed by atoms with van der Waals surface area (Å²) in [5.41, 5.74) is 3.04. The van der Waals surface area contributed by atoms with Crippen molar-refractivity contribution in [3.8, 4) is 0 Å². The first-order valence-corrected chi connectivity index (χ1v) is 8.48. The number of likely N-dealkylation sites (N-methyl/N-ethyl adjacent to an activating group) is 1. The molecule has 0 bridgehead atoms. The Morgan fingerprint density at radius 2 is 2.08 bits per heavy atom. The number of fused-ring (bicyclic) bond motifs is 1. The molecule has 3 heterocycles. The third-order valence-corrected chi connectivity index (χ3v) is 5.17. The van der Waals surface area contributed by atoms with Crippen LogP contribution >= 0.6 is 0 Å². The molecule has 1 saturated heterocycles. The average molecular weight is 330 g/mol. The van der Waals surface area contributed by atoms with E-state index in [0.717, 1.165) is 30.0 Å². The highest BCUT2D eigenvalue weighted by Gasteiger charge is 2.33. The zero-order valence-corrected chi connectivity index (χ0v) is 15.2. The smallest absolute Gasteiger partial charge is 0.252 e. The van der Waals surface area contributed by atoms with E-state index in [2.05, 4.69) is 41.0 Å². The molecule has 1 fully saturated rings. The fourth-order valence-electron chi connectivity index (χ4n) is 3.73. The molecule has 3 rings (SSSR count). The summed E-state index contributed by atoms with van der Waals surface area (Å²) in [4.78, 5) is 25.5. The van der Waals surface area contributed by atoms with E-state index < -0.39 is 0 Å². The van der Waals surface area contributed by atoms with Crippen molar-refractivity contribution in [2.45, 2.75) is 39.7 Å². The standard InChI is InChI=1S/C17H26N6O/c1-11-8-22(9-15(11)21(4)5)16(24)7-6-14-12(2)20-17-18-10-19-23(17)13(14)3/h10-11,15H,6-9H2,1-5H3/t11-,15-/m1/s1. The summed E-state index contributed by atoms with van der Waals surface area (Å²) in [7, 11) is 4.17. The molecule has 0 spiro atoms. The van der Waals surface area contributed by atoms with Crippen LogP contribution in [0.2, 0.25) is 0 Å². The van der Waals surface area contributed by atoms with Crippen molar-refractivity contribution in [3.05, 3.63) is 23.3 Å². The molecule has 1 amide bonds. The van der Waals surface area contributed by atoms with Crippen LogP contribution in [0.25, 0.3) is 5.78 Å². The van der Waals surface area contributed by atoms with Gasteiger partial charge in [-0.25, -0.2) is 9.50 Å². The second kappa shape index (κ2) is 6.47. The highest BCUT2D eigenvalue weighted by molar-refractivity contribution is 5.77. The van der Waals surface area contributed by atoms with Gasteiger partial charge in [0.25, 0.3) is 5.78 Å². The molecule has 1 aliphatic rings. The number of aromatic nitrogens is 4. The number of nitrogens with zero attached hydrogens (tertiary/aromatic N) is 6. The summed E-state index contributed by atoms with van der Waals surface area (Å²) in [6.07, 6.45) is 2.71. The topological polar surface area (TPSA) is 66.6 Å². The maximum Gasteiger partial charge on any atom is 0.252 e. The predicted octanol–water partition coefficient (Wildman–Crippen LogP) is 1.08. The number of amides is 1. The van der Waals surface area contributed by atoms with Crippen LogP contribution in [0, 0.1) is 19.8 Å². The minimum Gasteiger partial charge on any atom is -0.341 e. The zero-order chi connectivity index (χ0) is 17.4. The van der Waals surface area contributed by atoms with Crippen LogP contribution in [-0.2, 0) is 11.2 Å². The van der Waals surface area contributed by atoms with E-state index in [-0.39, 0.29) is 5.91 Å². The molecule has 130 valence electrons. The van der Waals surface area contributed by atoms with Crippen molar-refractivity contribution in [1.29, 1.82) is 0 Å². The van der Waals surface area contributed by atoms with E-state index in [1.165, 1.54) is 6.33 Å². The largest absolute Gasteiger partial charge is 0.341 e. The first-order valence-electron chi connectivity index (χ1n) is 8.48. The van der Waals surface area contributed by atoms with Crippen LogP contribution in [0.5, 0.6) is 0 Å². The van der Waals surface area contributed by atoms with Gasteiger partial charge in [-0.05, 0) is 45.8 Å². The van der Waals surface area contributed by atoms with Gasteiger partial charge in [-0.3, -0.25) is 4.79 Å². The van der Waals surface area contributed by atoms with E-state index in [0.29, 0.717) is 30.6 Å². The molecule has 0 unspecified atom stereocenters. The van der Waals surface area contributed by atoms with Crippen molar-refractivity contribution >= 4 is 11.7 Å². The molecule has 2 aromatic heterocycles. The number of likely N-dealkylation sites (tertiary alicyclic amines) is 1. The summed E-state index contributed by atoms with van der Waals surface area (Å²) in [5.74, 6) is 1.35. The van der Waals surface area contributed by atoms with E-state index in [4.69, 9.17) is 0 Å². The van der Waals surface area contributed by atoms with Gasteiger partial charge in [0.2, 0.25) is 5.91 Å². The van der Waals surface area contributed by atoms with Gasteiger partial charge < -0.3 is 9.80 Å². The quantitative estimate of drug-likeness (QED) is 0.839. The molecular formula is C17H26N6O. The van der Waals surface area contributed by atoms with E-state index in [9.17, 15) is 4.79 Å². The van der Waals surface area contributed by atoms with Crippen molar-refractivity contribution in [2.24, 2.45) is 5.92 Å². The van der Waals surface area contributed by atoms with Gasteiger partial charge in [0.15, 0.2) is 0 Å². The summed E-state index contributed by atoms with van der Waals surface area (Å²) in [6.45, 7) is 7.87. The minimum absolute atomic E-state index is 0.226. The van der Waals surface area contributed by atoms with Gasteiger partial charge >= 0.3 is 0 Å². The number of rotatable bonds is 4. The Morgan fingerprint density at radius 1 is 1.33 bits per heavy atom. The van der Waals surface area contributed by atoms with Crippen LogP contribution in [-0.4, -0.2) is 68.5 Å². The molecular weight excluding hydrogens is 304 g/mol. The highest BCUT2D eigenvalue weighted by Crippen LogP contribution is 2.22. The normalized spacial score (nSPS) is 21.2. The lowest BCUT2D eigenvalue weighted by atomic mass is 10.1. The van der Waals surface area contributed by atoms with Crippen molar-refractivity contribution in [3.63, 3.8) is 0 Å². The number of hydrogen-bond donors (Lipinski definition) is 0. The number of carbonyl (C=O) groups is 1. The molecule has 24 heavy (non-hydrogen) atoms. The fourth-order valence-corrected chi connectivity index (χ4v) is 3.73. The number of aryl methyl sites for hydroxylation is 2. The Bertz CT molecular complexity index is 753. The molecule has 7 nitrogen and oxygen atoms in total. The lowest BCUT2D eigenvalue weighted by Crippen LogP contribution is -2.35. The second-order valence-corrected chi connectivity index (χ2v) is 7.04. The monoisotopic (exact) mass is 330 g/mol. The SMILES string of the molecule is Cc1nc2ncnn2c(C)c1CCC(=O)N1C[C@@H](C)[C@H](N(C)C)C1. The van der Waals surface area contributed by atoms with Crippen LogP contribution in [0.4, 0.5) is 0 Å². The van der Waals surface area contributed by atoms with Crippen LogP contribution in [0.1, 0.15) is 30.3 Å². The van der Waals surface area contributed by atoms with E-state index in [1.807, 2.05) is 18.7 Å². The lowest BCUT2D eigenvalue weighted by Gasteiger charge is -2.22. The number of carbonyl (C=O) groups excluding carboxylic acids is 1. The molecule has 0 radical (unpaired) electrons. The summed E-state index contributed by atoms with van der Waals surface area (Å²) in [6, 6.07) is 0.450. The second-order valence-electron chi connectivity index (χ2n) is 7.04. The third kappa shape index (κ3) is 3.00. The molecule has 0 aromatic carbocycles. The van der Waals surface area contributed by atoms with Crippen molar-refractivity contribution in [2.75, 3.05) is 27.2 Å². The molecule has 2 atom stereocenters. The Balaban J connectivity index is 1.69. The van der Waals surface area contributed by atoms with Crippen LogP contribution in [0.15, 0.2) is 6.33 Å². The van der Waals surface area contributed by atoms with E-state index >= 15 is 0 Å². The van der Waals surface area contributed by atoms with Crippen LogP contribution < -0.4 is 0 Å². The Morgan fingerprint density at radius 3 is 2.75 bits per heavy atom. The molecule has 0 saturated carbocycles. The lowest BCUT2D eigenvalue weighted by molar-refractivity contribution is -0.130. The van der Waals surface area contributed by atoms with Gasteiger partial charge in [-0.15, -0.1) is 0 Å². The Labute approximate surface area is 142 Å². The summed E-state index contributed by atoms with van der Waals surface area (Å²) in [5, 5.41) is 4.21. The van der Waals surface area contributed by atoms with Gasteiger partial charge in [0, 0.05) is 36.9 Å². The van der Waals surface area contributed by atoms with Gasteiger partial charge in [0.05, 0.1) is 0 Å². The fraction of sp³-hybridized carbons (Fsp3) is 0.647. The number of hydrogen-bond acceptors (Lipinski definition) is 5. The molecule has 2 aromatic rings. The maximum absolute atomic E-state index is 12.6. The van der Waals surface area contributed by atoms with Gasteiger partial charge in [-0.2, -0.15) is 10.1 Å². The predicted molar refractivity (Wildman–Crippen MR) is 91.8 cm³/mol. The zero-order valence-electron chi connectivity index (χ0n) is 15.2. The third-order valence-electron chi connectivity index (χ3n) is 5.17. The average Bonchev–Trinajstić information content (AvgIpc) is 3.13. The van der Waals surface area contributed by atoms with Crippen molar-refractivity contribution in [1.82, 2.24) is 29.4 Å². The van der Waals surface area contributed by atoms with Crippen LogP contribution in [0.3, 0.4) is 0 Å². The molecule has 0 aliphatic carbocycles. The van der Waals surface area contributed by atoms with Gasteiger partial charge in [0.1, 0.15) is 6.33 Å². The highest BCUT2D eigenvalue weighted by atomic mass is 16.2. The van der Waals surface area contributed by atoms with Gasteiger partial charge in [-0.1, -0.05) is 6.92 Å². The Kier molecular flexibility index (Phi) is 4.54. The summed E-state index contributed by atoms with van der Waals surface area (Å²) >= 11 is 0. The summed E-state index contributed by atoms with van der Waals surface area (Å²) < 4.78 is 1.74. The molecule has 7 heteroatoms. The maximum atomic E-state index is 12.6. The minimum atomic E-state index is 0.226. The first kappa shape index (κ1) is 16.8. The van der Waals surface area contributed by atoms with E-state index in [1.54, 1.807) is 4.52 Å². The Hall–Kier alpha value is -2.02. The molecule has 1 aliphatic heterocycles. The first-order chi connectivity index (χ1) is 11.4. The van der Waals surface area contributed by atoms with Crippen molar-refractivity contribution < 1.29 is 4.79 Å².